The van der Waals surface area contributed by atoms with E-state index in [2.05, 4.69) is 127 Å². The van der Waals surface area contributed by atoms with Gasteiger partial charge in [0.2, 0.25) is 0 Å². The van der Waals surface area contributed by atoms with Gasteiger partial charge in [-0.05, 0) is 0 Å². The van der Waals surface area contributed by atoms with E-state index in [1.807, 2.05) is 0 Å². The third-order valence-corrected chi connectivity index (χ3v) is 19.6. The molecule has 0 atom stereocenters. The molecule has 0 aliphatic carbocycles. The van der Waals surface area contributed by atoms with Crippen LogP contribution in [-0.2, 0) is 0 Å². The van der Waals surface area contributed by atoms with Crippen LogP contribution in [0, 0.1) is 11.5 Å². The number of benzene rings is 2. The van der Waals surface area contributed by atoms with Gasteiger partial charge in [0.05, 0.1) is 0 Å². The molecule has 1 nitrogen and oxygen atoms in total. The van der Waals surface area contributed by atoms with Crippen molar-refractivity contribution in [3.8, 4) is 11.5 Å². The molecule has 0 bridgehead atoms. The molecule has 0 aromatic heterocycles. The van der Waals surface area contributed by atoms with Crippen LogP contribution in [-0.4, -0.2) is 46.2 Å². The summed E-state index contributed by atoms with van der Waals surface area (Å²) in [7, 11) is -4.16. The maximum atomic E-state index is 10.7. The number of aliphatic hydroxyl groups is 1. The minimum atomic E-state index is -2.67. The van der Waals surface area contributed by atoms with Crippen LogP contribution >= 0.6 is 0 Å². The molecule has 31 heavy (non-hydrogen) atoms. The zero-order valence-corrected chi connectivity index (χ0v) is 25.8. The average molecular weight is 555 g/mol. The van der Waals surface area contributed by atoms with Crippen molar-refractivity contribution in [2.75, 3.05) is 6.61 Å². The van der Waals surface area contributed by atoms with E-state index >= 15 is 0 Å². The van der Waals surface area contributed by atoms with E-state index < -0.39 is 34.5 Å². The predicted molar refractivity (Wildman–Crippen MR) is 146 cm³/mol. The first-order valence-electron chi connectivity index (χ1n) is 11.2. The molecule has 0 fully saturated rings. The summed E-state index contributed by atoms with van der Waals surface area (Å²) in [6.07, 6.45) is 0. The van der Waals surface area contributed by atoms with Gasteiger partial charge in [-0.25, -0.2) is 0 Å². The van der Waals surface area contributed by atoms with E-state index in [0.717, 1.165) is 0 Å². The van der Waals surface area contributed by atoms with E-state index in [1.54, 1.807) is 0 Å². The monoisotopic (exact) mass is 556 g/mol. The second-order valence-electron chi connectivity index (χ2n) is 11.5. The van der Waals surface area contributed by atoms with Crippen LogP contribution in [0.15, 0.2) is 69.4 Å². The molecule has 0 unspecified atom stereocenters. The van der Waals surface area contributed by atoms with Crippen LogP contribution in [0.3, 0.4) is 0 Å². The fraction of sp³-hybridized carbons (Fsp3) is 0.407. The van der Waals surface area contributed by atoms with Gasteiger partial charge in [-0.15, -0.1) is 0 Å². The van der Waals surface area contributed by atoms with Gasteiger partial charge in [0, 0.05) is 0 Å². The van der Waals surface area contributed by atoms with E-state index in [-0.39, 0.29) is 11.6 Å². The molecule has 0 heterocycles. The zero-order chi connectivity index (χ0) is 23.5. The van der Waals surface area contributed by atoms with Crippen molar-refractivity contribution >= 4 is 44.9 Å². The Morgan fingerprint density at radius 1 is 0.839 bits per heavy atom. The van der Waals surface area contributed by atoms with E-state index in [4.69, 9.17) is 0 Å². The fourth-order valence-electron chi connectivity index (χ4n) is 4.41. The normalized spacial score (nSPS) is 13.9. The van der Waals surface area contributed by atoms with E-state index in [0.29, 0.717) is 0 Å². The van der Waals surface area contributed by atoms with Gasteiger partial charge >= 0.3 is 198 Å². The molecule has 0 spiro atoms. The Kier molecular flexibility index (Phi) is 8.30. The standard InChI is InChI=1S/C24H31OSi2.3CH3.Sn/c1-24(2,3)27(21-13-9-7-10-14-21,22-15-11-8-12-16-22)23(17-19-25)18-20-26(4,5)6;;;;/h7-16,25H,19H2,1-6H3;3*1H3;. The number of rotatable bonds is 5. The molecular weight excluding hydrogens is 515 g/mol. The Labute approximate surface area is 196 Å². The van der Waals surface area contributed by atoms with Crippen molar-refractivity contribution < 1.29 is 5.11 Å². The van der Waals surface area contributed by atoms with Gasteiger partial charge in [0.1, 0.15) is 0 Å². The van der Waals surface area contributed by atoms with Crippen LogP contribution in [0.4, 0.5) is 0 Å². The minimum absolute atomic E-state index is 0.0172. The second-order valence-corrected chi connectivity index (χ2v) is 35.5. The van der Waals surface area contributed by atoms with Crippen molar-refractivity contribution in [2.24, 2.45) is 0 Å². The molecule has 0 amide bonds. The third-order valence-electron chi connectivity index (χ3n) is 5.84. The summed E-state index contributed by atoms with van der Waals surface area (Å²) in [6, 6.07) is 22.0. The molecule has 1 N–H and O–H groups in total. The number of hydrogen-bond donors (Lipinski definition) is 1. The Hall–Kier alpha value is -1.07. The van der Waals surface area contributed by atoms with E-state index in [9.17, 15) is 5.11 Å². The molecule has 0 saturated heterocycles. The predicted octanol–water partition coefficient (Wildman–Crippen LogP) is 5.64. The molecule has 166 valence electrons. The van der Waals surface area contributed by atoms with Gasteiger partial charge in [0.25, 0.3) is 0 Å². The second kappa shape index (κ2) is 9.83. The van der Waals surface area contributed by atoms with E-state index in [1.165, 1.54) is 19.2 Å². The van der Waals surface area contributed by atoms with Crippen molar-refractivity contribution in [1.82, 2.24) is 0 Å². The van der Waals surface area contributed by atoms with Crippen molar-refractivity contribution in [1.29, 1.82) is 0 Å². The van der Waals surface area contributed by atoms with Gasteiger partial charge < -0.3 is 0 Å². The summed E-state index contributed by atoms with van der Waals surface area (Å²) in [6.45, 7) is 14.2. The molecule has 0 aliphatic rings. The Morgan fingerprint density at radius 3 is 1.55 bits per heavy atom. The average Bonchev–Trinajstić information content (AvgIpc) is 2.65. The topological polar surface area (TPSA) is 20.2 Å². The van der Waals surface area contributed by atoms with Gasteiger partial charge in [0.15, 0.2) is 0 Å². The van der Waals surface area contributed by atoms with Crippen LogP contribution in [0.5, 0.6) is 0 Å². The summed E-state index contributed by atoms with van der Waals surface area (Å²) in [4.78, 5) is 7.23. The SMILES string of the molecule is CC(C)(C)[Si](C(C#C[Si](C)(C)C)=[C](CO)[Sn]([CH3])([CH3])[CH3])(c1ccccc1)c1ccccc1. The molecule has 4 heteroatoms. The summed E-state index contributed by atoms with van der Waals surface area (Å²) in [5.41, 5.74) is 3.71. The molecule has 2 aromatic rings. The maximum absolute atomic E-state index is 10.7. The third kappa shape index (κ3) is 5.84. The first-order valence-corrected chi connectivity index (χ1v) is 26.7. The summed E-state index contributed by atoms with van der Waals surface area (Å²) in [5.74, 6) is 3.81. The van der Waals surface area contributed by atoms with Crippen LogP contribution in [0.25, 0.3) is 0 Å². The van der Waals surface area contributed by atoms with Gasteiger partial charge in [-0.1, -0.05) is 0 Å². The van der Waals surface area contributed by atoms with Gasteiger partial charge in [-0.2, -0.15) is 0 Å². The van der Waals surface area contributed by atoms with Crippen molar-refractivity contribution in [3.05, 3.63) is 69.4 Å². The first kappa shape index (κ1) is 26.2. The Balaban J connectivity index is 3.19. The molecule has 2 aromatic carbocycles. The molecule has 0 radical (unpaired) electrons. The molecular formula is C27H40OSi2Sn. The van der Waals surface area contributed by atoms with Crippen molar-refractivity contribution in [3.63, 3.8) is 0 Å². The summed E-state index contributed by atoms with van der Waals surface area (Å²) in [5, 5.41) is 14.8. The fourth-order valence-corrected chi connectivity index (χ4v) is 18.4. The van der Waals surface area contributed by atoms with Gasteiger partial charge in [-0.3, -0.25) is 0 Å². The number of aliphatic hydroxyl groups excluding tert-OH is 1. The zero-order valence-electron chi connectivity index (χ0n) is 20.9. The Morgan fingerprint density at radius 2 is 1.26 bits per heavy atom. The quantitative estimate of drug-likeness (QED) is 0.375. The molecule has 0 aliphatic heterocycles. The van der Waals surface area contributed by atoms with Crippen molar-refractivity contribution in [2.45, 2.75) is 60.3 Å². The Bertz CT molecular complexity index is 924. The summed E-state index contributed by atoms with van der Waals surface area (Å²) >= 11 is -2.67. The summed E-state index contributed by atoms with van der Waals surface area (Å²) < 4.78 is 1.29. The number of allylic oxidation sites excluding steroid dienone is 1. The number of hydrogen-bond acceptors (Lipinski definition) is 1. The molecule has 0 saturated carbocycles. The van der Waals surface area contributed by atoms with Crippen LogP contribution in [0.1, 0.15) is 20.8 Å². The first-order chi connectivity index (χ1) is 14.2. The molecule has 2 rings (SSSR count). The van der Waals surface area contributed by atoms with Crippen LogP contribution < -0.4 is 10.4 Å². The van der Waals surface area contributed by atoms with Crippen LogP contribution in [0.2, 0.25) is 39.5 Å².